The van der Waals surface area contributed by atoms with E-state index in [1.54, 1.807) is 17.0 Å². The highest BCUT2D eigenvalue weighted by atomic mass is 16.5. The second-order valence-corrected chi connectivity index (χ2v) is 5.55. The fraction of sp³-hybridized carbons (Fsp3) is 0.562. The van der Waals surface area contributed by atoms with Gasteiger partial charge in [0.1, 0.15) is 0 Å². The lowest BCUT2D eigenvalue weighted by Crippen LogP contribution is -2.40. The minimum Gasteiger partial charge on any atom is -0.490 e. The van der Waals surface area contributed by atoms with E-state index in [-0.39, 0.29) is 19.1 Å². The SMILES string of the molecule is CCOc1cc(CO)cc2c1OCC(=O)N2CCC(C)C. The number of ether oxygens (including phenoxy) is 2. The number of fused-ring (bicyclic) bond motifs is 1. The van der Waals surface area contributed by atoms with E-state index in [2.05, 4.69) is 13.8 Å². The molecule has 1 N–H and O–H groups in total. The zero-order valence-corrected chi connectivity index (χ0v) is 12.9. The predicted octanol–water partition coefficient (Wildman–Crippen LogP) is 2.35. The predicted molar refractivity (Wildman–Crippen MR) is 80.8 cm³/mol. The van der Waals surface area contributed by atoms with Gasteiger partial charge < -0.3 is 19.5 Å². The summed E-state index contributed by atoms with van der Waals surface area (Å²) in [5, 5.41) is 9.40. The monoisotopic (exact) mass is 293 g/mol. The van der Waals surface area contributed by atoms with Gasteiger partial charge in [0.05, 0.1) is 18.9 Å². The zero-order valence-electron chi connectivity index (χ0n) is 12.9. The first-order chi connectivity index (χ1) is 10.1. The summed E-state index contributed by atoms with van der Waals surface area (Å²) >= 11 is 0. The van der Waals surface area contributed by atoms with Crippen LogP contribution in [0.4, 0.5) is 5.69 Å². The van der Waals surface area contributed by atoms with Crippen molar-refractivity contribution in [1.82, 2.24) is 0 Å². The lowest BCUT2D eigenvalue weighted by molar-refractivity contribution is -0.121. The molecule has 1 heterocycles. The summed E-state index contributed by atoms with van der Waals surface area (Å²) in [5.74, 6) is 1.63. The number of carbonyl (C=O) groups excluding carboxylic acids is 1. The van der Waals surface area contributed by atoms with Crippen LogP contribution in [0.3, 0.4) is 0 Å². The van der Waals surface area contributed by atoms with Gasteiger partial charge >= 0.3 is 0 Å². The van der Waals surface area contributed by atoms with Crippen molar-refractivity contribution in [2.24, 2.45) is 5.92 Å². The Kier molecular flexibility index (Phi) is 5.07. The van der Waals surface area contributed by atoms with Gasteiger partial charge in [-0.3, -0.25) is 4.79 Å². The van der Waals surface area contributed by atoms with Crippen molar-refractivity contribution in [1.29, 1.82) is 0 Å². The summed E-state index contributed by atoms with van der Waals surface area (Å²) in [7, 11) is 0. The van der Waals surface area contributed by atoms with Crippen molar-refractivity contribution in [3.63, 3.8) is 0 Å². The molecule has 0 radical (unpaired) electrons. The molecule has 0 saturated heterocycles. The number of benzene rings is 1. The number of hydrogen-bond acceptors (Lipinski definition) is 4. The number of anilines is 1. The van der Waals surface area contributed by atoms with Gasteiger partial charge in [0, 0.05) is 6.54 Å². The molecular formula is C16H23NO4. The topological polar surface area (TPSA) is 59.0 Å². The molecule has 0 aromatic heterocycles. The summed E-state index contributed by atoms with van der Waals surface area (Å²) in [5.41, 5.74) is 1.41. The molecule has 0 atom stereocenters. The van der Waals surface area contributed by atoms with E-state index in [0.717, 1.165) is 6.42 Å². The molecule has 1 aromatic carbocycles. The Labute approximate surface area is 125 Å². The van der Waals surface area contributed by atoms with Gasteiger partial charge in [0.2, 0.25) is 0 Å². The number of nitrogens with zero attached hydrogens (tertiary/aromatic N) is 1. The van der Waals surface area contributed by atoms with E-state index in [0.29, 0.717) is 41.8 Å². The third kappa shape index (κ3) is 3.47. The molecule has 0 saturated carbocycles. The van der Waals surface area contributed by atoms with Gasteiger partial charge in [0.25, 0.3) is 5.91 Å². The molecule has 2 rings (SSSR count). The molecule has 0 unspecified atom stereocenters. The molecule has 0 bridgehead atoms. The maximum atomic E-state index is 12.1. The van der Waals surface area contributed by atoms with Crippen LogP contribution in [0.5, 0.6) is 11.5 Å². The highest BCUT2D eigenvalue weighted by molar-refractivity contribution is 5.98. The first-order valence-corrected chi connectivity index (χ1v) is 7.40. The Morgan fingerprint density at radius 3 is 2.81 bits per heavy atom. The maximum Gasteiger partial charge on any atom is 0.265 e. The third-order valence-corrected chi connectivity index (χ3v) is 3.44. The number of hydrogen-bond donors (Lipinski definition) is 1. The van der Waals surface area contributed by atoms with Crippen LogP contribution >= 0.6 is 0 Å². The molecule has 1 aromatic rings. The quantitative estimate of drug-likeness (QED) is 0.874. The molecule has 5 nitrogen and oxygen atoms in total. The Bertz CT molecular complexity index is 513. The van der Waals surface area contributed by atoms with E-state index in [4.69, 9.17) is 9.47 Å². The fourth-order valence-electron chi connectivity index (χ4n) is 2.32. The normalized spacial score (nSPS) is 14.1. The minimum atomic E-state index is -0.0977. The van der Waals surface area contributed by atoms with Crippen molar-refractivity contribution in [3.05, 3.63) is 17.7 Å². The summed E-state index contributed by atoms with van der Waals surface area (Å²) in [6, 6.07) is 3.56. The van der Waals surface area contributed by atoms with Crippen LogP contribution in [-0.2, 0) is 11.4 Å². The molecule has 1 amide bonds. The van der Waals surface area contributed by atoms with Crippen LogP contribution in [0.15, 0.2) is 12.1 Å². The van der Waals surface area contributed by atoms with Gasteiger partial charge in [-0.25, -0.2) is 0 Å². The maximum absolute atomic E-state index is 12.1. The number of aliphatic hydroxyl groups is 1. The van der Waals surface area contributed by atoms with E-state index in [1.807, 2.05) is 6.92 Å². The van der Waals surface area contributed by atoms with Crippen LogP contribution < -0.4 is 14.4 Å². The molecule has 0 aliphatic carbocycles. The van der Waals surface area contributed by atoms with Crippen LogP contribution in [0.1, 0.15) is 32.8 Å². The second kappa shape index (κ2) is 6.80. The van der Waals surface area contributed by atoms with Crippen LogP contribution in [0.2, 0.25) is 0 Å². The van der Waals surface area contributed by atoms with Crippen molar-refractivity contribution in [2.75, 3.05) is 24.7 Å². The molecular weight excluding hydrogens is 270 g/mol. The van der Waals surface area contributed by atoms with Crippen molar-refractivity contribution < 1.29 is 19.4 Å². The van der Waals surface area contributed by atoms with Crippen molar-refractivity contribution >= 4 is 11.6 Å². The van der Waals surface area contributed by atoms with Crippen molar-refractivity contribution in [3.8, 4) is 11.5 Å². The first-order valence-electron chi connectivity index (χ1n) is 7.40. The van der Waals surface area contributed by atoms with Gasteiger partial charge in [-0.2, -0.15) is 0 Å². The van der Waals surface area contributed by atoms with Crippen molar-refractivity contribution in [2.45, 2.75) is 33.8 Å². The molecule has 0 fully saturated rings. The summed E-state index contributed by atoms with van der Waals surface area (Å²) in [6.45, 7) is 7.23. The summed E-state index contributed by atoms with van der Waals surface area (Å²) < 4.78 is 11.1. The molecule has 1 aliphatic rings. The zero-order chi connectivity index (χ0) is 15.4. The summed E-state index contributed by atoms with van der Waals surface area (Å²) in [4.78, 5) is 13.9. The molecule has 21 heavy (non-hydrogen) atoms. The Hall–Kier alpha value is -1.75. The fourth-order valence-corrected chi connectivity index (χ4v) is 2.32. The largest absolute Gasteiger partial charge is 0.490 e. The molecule has 5 heteroatoms. The summed E-state index contributed by atoms with van der Waals surface area (Å²) in [6.07, 6.45) is 0.915. The number of carbonyl (C=O) groups is 1. The minimum absolute atomic E-state index is 0.0314. The van der Waals surface area contributed by atoms with E-state index in [9.17, 15) is 9.90 Å². The Balaban J connectivity index is 2.39. The Morgan fingerprint density at radius 1 is 1.43 bits per heavy atom. The smallest absolute Gasteiger partial charge is 0.265 e. The lowest BCUT2D eigenvalue weighted by atomic mass is 10.1. The number of amides is 1. The number of aliphatic hydroxyl groups excluding tert-OH is 1. The lowest BCUT2D eigenvalue weighted by Gasteiger charge is -2.31. The third-order valence-electron chi connectivity index (χ3n) is 3.44. The average molecular weight is 293 g/mol. The van der Waals surface area contributed by atoms with Gasteiger partial charge in [-0.05, 0) is 37.0 Å². The van der Waals surface area contributed by atoms with Gasteiger partial charge in [0.15, 0.2) is 18.1 Å². The van der Waals surface area contributed by atoms with E-state index >= 15 is 0 Å². The van der Waals surface area contributed by atoms with Gasteiger partial charge in [-0.15, -0.1) is 0 Å². The second-order valence-electron chi connectivity index (χ2n) is 5.55. The number of rotatable bonds is 6. The molecule has 0 spiro atoms. The van der Waals surface area contributed by atoms with E-state index in [1.165, 1.54) is 0 Å². The average Bonchev–Trinajstić information content (AvgIpc) is 2.45. The highest BCUT2D eigenvalue weighted by Gasteiger charge is 2.28. The first kappa shape index (κ1) is 15.6. The molecule has 1 aliphatic heterocycles. The highest BCUT2D eigenvalue weighted by Crippen LogP contribution is 2.41. The van der Waals surface area contributed by atoms with Crippen LogP contribution in [-0.4, -0.2) is 30.8 Å². The molecule has 116 valence electrons. The standard InChI is InChI=1S/C16H23NO4/c1-4-20-14-8-12(9-18)7-13-16(14)21-10-15(19)17(13)6-5-11(2)3/h7-8,11,18H,4-6,9-10H2,1-3H3. The van der Waals surface area contributed by atoms with Crippen LogP contribution in [0.25, 0.3) is 0 Å². The van der Waals surface area contributed by atoms with Gasteiger partial charge in [-0.1, -0.05) is 13.8 Å². The van der Waals surface area contributed by atoms with Crippen LogP contribution in [0, 0.1) is 5.92 Å². The van der Waals surface area contributed by atoms with E-state index < -0.39 is 0 Å². The Morgan fingerprint density at radius 2 is 2.19 bits per heavy atom.